The van der Waals surface area contributed by atoms with Crippen molar-refractivity contribution < 1.29 is 23.5 Å². The first kappa shape index (κ1) is 15.6. The molecule has 4 nitrogen and oxygen atoms in total. The monoisotopic (exact) mass is 337 g/mol. The number of nitrogens with one attached hydrogen (secondary N) is 1. The van der Waals surface area contributed by atoms with Crippen molar-refractivity contribution in [3.05, 3.63) is 57.3 Å². The highest BCUT2D eigenvalue weighted by atomic mass is 32.1. The Hall–Kier alpha value is -2.28. The zero-order valence-electron chi connectivity index (χ0n) is 11.9. The molecule has 1 aromatic carbocycles. The molecule has 0 saturated heterocycles. The Balaban J connectivity index is 1.59. The first-order valence-electron chi connectivity index (χ1n) is 7.01. The Bertz CT molecular complexity index is 754. The fraction of sp³-hybridized carbons (Fsp3) is 0.250. The van der Waals surface area contributed by atoms with E-state index in [4.69, 9.17) is 5.11 Å². The van der Waals surface area contributed by atoms with Crippen molar-refractivity contribution in [1.82, 2.24) is 5.32 Å². The standard InChI is InChI=1S/C16H13F2NO3S/c17-11-2-1-3-12(18)14(11)9-6-10(9)15(20)19-7-8-4-5-13(23-8)16(21)22/h1-5,9-10H,6-7H2,(H,19,20)(H,21,22). The van der Waals surface area contributed by atoms with Crippen molar-refractivity contribution >= 4 is 23.2 Å². The molecule has 3 rings (SSSR count). The highest BCUT2D eigenvalue weighted by molar-refractivity contribution is 7.13. The third-order valence-corrected chi connectivity index (χ3v) is 4.88. The summed E-state index contributed by atoms with van der Waals surface area (Å²) in [4.78, 5) is 23.8. The molecule has 0 bridgehead atoms. The molecule has 1 heterocycles. The molecule has 7 heteroatoms. The number of hydrogen-bond donors (Lipinski definition) is 2. The number of thiophene rings is 1. The van der Waals surface area contributed by atoms with E-state index in [1.165, 1.54) is 24.3 Å². The van der Waals surface area contributed by atoms with E-state index in [0.29, 0.717) is 11.3 Å². The zero-order chi connectivity index (χ0) is 16.6. The van der Waals surface area contributed by atoms with Gasteiger partial charge in [0.25, 0.3) is 0 Å². The number of carbonyl (C=O) groups is 2. The maximum atomic E-state index is 13.7. The quantitative estimate of drug-likeness (QED) is 0.881. The number of benzene rings is 1. The Morgan fingerprint density at radius 3 is 2.52 bits per heavy atom. The van der Waals surface area contributed by atoms with Crippen molar-refractivity contribution in [3.8, 4) is 0 Å². The van der Waals surface area contributed by atoms with Crippen LogP contribution in [0.1, 0.15) is 32.5 Å². The van der Waals surface area contributed by atoms with Gasteiger partial charge in [-0.25, -0.2) is 13.6 Å². The smallest absolute Gasteiger partial charge is 0.345 e. The lowest BCUT2D eigenvalue weighted by Crippen LogP contribution is -2.24. The van der Waals surface area contributed by atoms with E-state index < -0.39 is 29.4 Å². The molecule has 120 valence electrons. The van der Waals surface area contributed by atoms with Gasteiger partial charge in [-0.05, 0) is 30.7 Å². The van der Waals surface area contributed by atoms with Gasteiger partial charge in [0.1, 0.15) is 16.5 Å². The number of carboxylic acid groups (broad SMARTS) is 1. The number of halogens is 2. The van der Waals surface area contributed by atoms with E-state index in [1.54, 1.807) is 6.07 Å². The van der Waals surface area contributed by atoms with Crippen LogP contribution in [0.15, 0.2) is 30.3 Å². The largest absolute Gasteiger partial charge is 0.477 e. The molecule has 1 aromatic heterocycles. The van der Waals surface area contributed by atoms with Crippen LogP contribution in [0.3, 0.4) is 0 Å². The third-order valence-electron chi connectivity index (χ3n) is 3.81. The fourth-order valence-electron chi connectivity index (χ4n) is 2.56. The summed E-state index contributed by atoms with van der Waals surface area (Å²) in [5.41, 5.74) is -0.0306. The number of hydrogen-bond acceptors (Lipinski definition) is 3. The molecule has 0 radical (unpaired) electrons. The number of aromatic carboxylic acids is 1. The lowest BCUT2D eigenvalue weighted by molar-refractivity contribution is -0.122. The maximum Gasteiger partial charge on any atom is 0.345 e. The first-order chi connectivity index (χ1) is 11.0. The second-order valence-electron chi connectivity index (χ2n) is 5.37. The van der Waals surface area contributed by atoms with E-state index in [-0.39, 0.29) is 22.9 Å². The van der Waals surface area contributed by atoms with Gasteiger partial charge in [0.2, 0.25) is 5.91 Å². The average Bonchev–Trinajstić information content (AvgIpc) is 3.12. The lowest BCUT2D eigenvalue weighted by Gasteiger charge is -2.05. The Labute approximate surface area is 134 Å². The van der Waals surface area contributed by atoms with Crippen LogP contribution in [0.5, 0.6) is 0 Å². The molecule has 1 aliphatic rings. The molecule has 2 unspecified atom stereocenters. The number of rotatable bonds is 5. The fourth-order valence-corrected chi connectivity index (χ4v) is 3.35. The van der Waals surface area contributed by atoms with E-state index in [0.717, 1.165) is 11.3 Å². The Kier molecular flexibility index (Phi) is 4.12. The van der Waals surface area contributed by atoms with Crippen LogP contribution < -0.4 is 5.32 Å². The van der Waals surface area contributed by atoms with Gasteiger partial charge in [0.05, 0.1) is 6.54 Å². The van der Waals surface area contributed by atoms with Crippen LogP contribution in [0.4, 0.5) is 8.78 Å². The van der Waals surface area contributed by atoms with Gasteiger partial charge >= 0.3 is 5.97 Å². The minimum Gasteiger partial charge on any atom is -0.477 e. The molecule has 1 aliphatic carbocycles. The van der Waals surface area contributed by atoms with Crippen molar-refractivity contribution in [3.63, 3.8) is 0 Å². The summed E-state index contributed by atoms with van der Waals surface area (Å²) in [5.74, 6) is -3.42. The maximum absolute atomic E-state index is 13.7. The highest BCUT2D eigenvalue weighted by Gasteiger charge is 2.46. The molecule has 2 aromatic rings. The predicted octanol–water partition coefficient (Wildman–Crippen LogP) is 3.14. The summed E-state index contributed by atoms with van der Waals surface area (Å²) in [7, 11) is 0. The molecule has 1 amide bonds. The van der Waals surface area contributed by atoms with E-state index in [9.17, 15) is 18.4 Å². The molecule has 2 atom stereocenters. The van der Waals surface area contributed by atoms with Gasteiger partial charge in [0, 0.05) is 22.3 Å². The molecule has 2 N–H and O–H groups in total. The van der Waals surface area contributed by atoms with Crippen LogP contribution in [0.25, 0.3) is 0 Å². The number of carboxylic acids is 1. The zero-order valence-corrected chi connectivity index (χ0v) is 12.7. The van der Waals surface area contributed by atoms with Crippen LogP contribution in [-0.4, -0.2) is 17.0 Å². The summed E-state index contributed by atoms with van der Waals surface area (Å²) >= 11 is 1.08. The molecule has 1 saturated carbocycles. The van der Waals surface area contributed by atoms with Crippen LogP contribution >= 0.6 is 11.3 Å². The van der Waals surface area contributed by atoms with Gasteiger partial charge < -0.3 is 10.4 Å². The van der Waals surface area contributed by atoms with Gasteiger partial charge in [0.15, 0.2) is 0 Å². The Morgan fingerprint density at radius 2 is 1.91 bits per heavy atom. The average molecular weight is 337 g/mol. The van der Waals surface area contributed by atoms with Crippen LogP contribution in [-0.2, 0) is 11.3 Å². The van der Waals surface area contributed by atoms with Crippen LogP contribution in [0, 0.1) is 17.6 Å². The van der Waals surface area contributed by atoms with Gasteiger partial charge in [-0.1, -0.05) is 6.07 Å². The van der Waals surface area contributed by atoms with Gasteiger partial charge in [-0.15, -0.1) is 11.3 Å². The van der Waals surface area contributed by atoms with E-state index >= 15 is 0 Å². The highest BCUT2D eigenvalue weighted by Crippen LogP contribution is 2.49. The summed E-state index contributed by atoms with van der Waals surface area (Å²) < 4.78 is 27.4. The summed E-state index contributed by atoms with van der Waals surface area (Å²) in [6.07, 6.45) is 0.411. The minimum atomic E-state index is -1.01. The number of carbonyl (C=O) groups excluding carboxylic acids is 1. The normalized spacial score (nSPS) is 19.4. The molecular formula is C16H13F2NO3S. The number of amides is 1. The topological polar surface area (TPSA) is 66.4 Å². The van der Waals surface area contributed by atoms with E-state index in [1.807, 2.05) is 0 Å². The predicted molar refractivity (Wildman–Crippen MR) is 80.3 cm³/mol. The second-order valence-corrected chi connectivity index (χ2v) is 6.54. The molecule has 0 spiro atoms. The van der Waals surface area contributed by atoms with Gasteiger partial charge in [-0.3, -0.25) is 4.79 Å². The lowest BCUT2D eigenvalue weighted by atomic mass is 10.1. The summed E-state index contributed by atoms with van der Waals surface area (Å²) in [6, 6.07) is 6.77. The van der Waals surface area contributed by atoms with Crippen molar-refractivity contribution in [2.45, 2.75) is 18.9 Å². The molecule has 1 fully saturated rings. The molecule has 0 aliphatic heterocycles. The second kappa shape index (κ2) is 6.08. The van der Waals surface area contributed by atoms with Gasteiger partial charge in [-0.2, -0.15) is 0 Å². The summed E-state index contributed by atoms with van der Waals surface area (Å²) in [5, 5.41) is 11.5. The van der Waals surface area contributed by atoms with E-state index in [2.05, 4.69) is 5.32 Å². The van der Waals surface area contributed by atoms with Crippen molar-refractivity contribution in [2.75, 3.05) is 0 Å². The SMILES string of the molecule is O=C(O)c1ccc(CNC(=O)C2CC2c2c(F)cccc2F)s1. The molecular weight excluding hydrogens is 324 g/mol. The first-order valence-corrected chi connectivity index (χ1v) is 7.82. The Morgan fingerprint density at radius 1 is 1.22 bits per heavy atom. The van der Waals surface area contributed by atoms with Crippen molar-refractivity contribution in [1.29, 1.82) is 0 Å². The minimum absolute atomic E-state index is 0.0306. The van der Waals surface area contributed by atoms with Crippen molar-refractivity contribution in [2.24, 2.45) is 5.92 Å². The van der Waals surface area contributed by atoms with Crippen LogP contribution in [0.2, 0.25) is 0 Å². The molecule has 23 heavy (non-hydrogen) atoms. The third kappa shape index (κ3) is 3.24. The summed E-state index contributed by atoms with van der Waals surface area (Å²) in [6.45, 7) is 0.208.